The second-order valence-corrected chi connectivity index (χ2v) is 7.09. The van der Waals surface area contributed by atoms with Gasteiger partial charge >= 0.3 is 5.97 Å². The molecule has 0 saturated carbocycles. The lowest BCUT2D eigenvalue weighted by Gasteiger charge is -2.30. The maximum absolute atomic E-state index is 13.2. The molecule has 146 valence electrons. The van der Waals surface area contributed by atoms with E-state index in [1.165, 1.54) is 7.11 Å². The number of hydrogen-bond acceptors (Lipinski definition) is 4. The molecule has 0 aromatic heterocycles. The Labute approximate surface area is 161 Å². The number of unbranched alkanes of at least 4 members (excludes halogenated alkanes) is 1. The summed E-state index contributed by atoms with van der Waals surface area (Å²) in [6.07, 6.45) is 2.64. The van der Waals surface area contributed by atoms with Crippen molar-refractivity contribution in [2.45, 2.75) is 53.9 Å². The fourth-order valence-corrected chi connectivity index (χ4v) is 3.59. The zero-order valence-corrected chi connectivity index (χ0v) is 17.2. The standard InChI is InChI=1S/C22H30N2O3/c1-7-8-11-17-19(15(4)23-16(5)20(17)22(26)27-6)21(25)24-18-12-9-10-13(2)14(18)3/h9-10,12,17,23H,7-8,11H2,1-6H3,(H,24,25)/t17-/m1/s1. The average molecular weight is 370 g/mol. The summed E-state index contributed by atoms with van der Waals surface area (Å²) in [4.78, 5) is 25.6. The van der Waals surface area contributed by atoms with Gasteiger partial charge in [-0.15, -0.1) is 0 Å². The van der Waals surface area contributed by atoms with E-state index in [-0.39, 0.29) is 17.8 Å². The van der Waals surface area contributed by atoms with Gasteiger partial charge in [-0.3, -0.25) is 4.79 Å². The minimum atomic E-state index is -0.384. The number of dihydropyridines is 1. The zero-order valence-electron chi connectivity index (χ0n) is 17.2. The van der Waals surface area contributed by atoms with Crippen LogP contribution in [0.4, 0.5) is 5.69 Å². The van der Waals surface area contributed by atoms with E-state index in [0.717, 1.165) is 47.5 Å². The molecule has 5 nitrogen and oxygen atoms in total. The Balaban J connectivity index is 2.41. The molecule has 1 aliphatic heterocycles. The van der Waals surface area contributed by atoms with Crippen LogP contribution < -0.4 is 10.6 Å². The normalized spacial score (nSPS) is 16.9. The predicted molar refractivity (Wildman–Crippen MR) is 108 cm³/mol. The molecule has 1 amide bonds. The van der Waals surface area contributed by atoms with Gasteiger partial charge in [0, 0.05) is 28.6 Å². The summed E-state index contributed by atoms with van der Waals surface area (Å²) in [5.41, 5.74) is 5.64. The van der Waals surface area contributed by atoms with Gasteiger partial charge in [-0.2, -0.15) is 0 Å². The molecule has 27 heavy (non-hydrogen) atoms. The molecule has 1 atom stereocenters. The lowest BCUT2D eigenvalue weighted by Crippen LogP contribution is -2.34. The van der Waals surface area contributed by atoms with Gasteiger partial charge in [-0.25, -0.2) is 4.79 Å². The fraction of sp³-hybridized carbons (Fsp3) is 0.455. The van der Waals surface area contributed by atoms with Gasteiger partial charge in [-0.05, 0) is 51.3 Å². The first-order chi connectivity index (χ1) is 12.8. The van der Waals surface area contributed by atoms with Gasteiger partial charge in [0.25, 0.3) is 5.91 Å². The van der Waals surface area contributed by atoms with E-state index in [2.05, 4.69) is 17.6 Å². The Morgan fingerprint density at radius 2 is 1.78 bits per heavy atom. The second kappa shape index (κ2) is 8.89. The Morgan fingerprint density at radius 1 is 1.11 bits per heavy atom. The summed E-state index contributed by atoms with van der Waals surface area (Å²) in [5.74, 6) is -0.835. The predicted octanol–water partition coefficient (Wildman–Crippen LogP) is 4.37. The molecule has 0 radical (unpaired) electrons. The first-order valence-electron chi connectivity index (χ1n) is 9.46. The monoisotopic (exact) mass is 370 g/mol. The molecule has 2 rings (SSSR count). The van der Waals surface area contributed by atoms with Gasteiger partial charge in [0.2, 0.25) is 0 Å². The van der Waals surface area contributed by atoms with Crippen molar-refractivity contribution < 1.29 is 14.3 Å². The number of carbonyl (C=O) groups excluding carboxylic acids is 2. The van der Waals surface area contributed by atoms with E-state index in [9.17, 15) is 9.59 Å². The van der Waals surface area contributed by atoms with Crippen LogP contribution >= 0.6 is 0 Å². The second-order valence-electron chi connectivity index (χ2n) is 7.09. The molecule has 0 saturated heterocycles. The van der Waals surface area contributed by atoms with Crippen LogP contribution in [0.1, 0.15) is 51.2 Å². The van der Waals surface area contributed by atoms with E-state index in [1.54, 1.807) is 0 Å². The van der Waals surface area contributed by atoms with Gasteiger partial charge in [0.15, 0.2) is 0 Å². The molecular formula is C22H30N2O3. The molecule has 0 bridgehead atoms. The Bertz CT molecular complexity index is 806. The SMILES string of the molecule is CCCC[C@@H]1C(C(=O)Nc2cccc(C)c2C)=C(C)NC(C)=C1C(=O)OC. The van der Waals surface area contributed by atoms with Crippen molar-refractivity contribution in [2.75, 3.05) is 12.4 Å². The van der Waals surface area contributed by atoms with Crippen LogP contribution in [0.25, 0.3) is 0 Å². The average Bonchev–Trinajstić information content (AvgIpc) is 2.62. The van der Waals surface area contributed by atoms with Crippen molar-refractivity contribution in [3.05, 3.63) is 51.9 Å². The van der Waals surface area contributed by atoms with Crippen molar-refractivity contribution in [1.82, 2.24) is 5.32 Å². The fourth-order valence-electron chi connectivity index (χ4n) is 3.59. The molecule has 1 aromatic rings. The topological polar surface area (TPSA) is 67.4 Å². The first-order valence-corrected chi connectivity index (χ1v) is 9.46. The van der Waals surface area contributed by atoms with Crippen LogP contribution in [0, 0.1) is 19.8 Å². The summed E-state index contributed by atoms with van der Waals surface area (Å²) in [5, 5.41) is 6.23. The molecule has 2 N–H and O–H groups in total. The van der Waals surface area contributed by atoms with Crippen LogP contribution in [0.15, 0.2) is 40.7 Å². The number of aryl methyl sites for hydroxylation is 1. The number of anilines is 1. The summed E-state index contributed by atoms with van der Waals surface area (Å²) < 4.78 is 5.00. The van der Waals surface area contributed by atoms with Crippen molar-refractivity contribution in [3.63, 3.8) is 0 Å². The molecular weight excluding hydrogens is 340 g/mol. The van der Waals surface area contributed by atoms with Crippen LogP contribution in [0.5, 0.6) is 0 Å². The highest BCUT2D eigenvalue weighted by Crippen LogP contribution is 2.35. The zero-order chi connectivity index (χ0) is 20.1. The highest BCUT2D eigenvalue weighted by Gasteiger charge is 2.35. The Morgan fingerprint density at radius 3 is 2.41 bits per heavy atom. The van der Waals surface area contributed by atoms with Crippen molar-refractivity contribution in [2.24, 2.45) is 5.92 Å². The maximum atomic E-state index is 13.2. The molecule has 0 spiro atoms. The molecule has 0 aliphatic carbocycles. The number of nitrogens with one attached hydrogen (secondary N) is 2. The van der Waals surface area contributed by atoms with Crippen LogP contribution in [-0.4, -0.2) is 19.0 Å². The Hall–Kier alpha value is -2.56. The highest BCUT2D eigenvalue weighted by atomic mass is 16.5. The number of carbonyl (C=O) groups is 2. The van der Waals surface area contributed by atoms with Gasteiger partial charge in [-0.1, -0.05) is 31.9 Å². The summed E-state index contributed by atoms with van der Waals surface area (Å²) >= 11 is 0. The third-order valence-electron chi connectivity index (χ3n) is 5.23. The van der Waals surface area contributed by atoms with Crippen molar-refractivity contribution in [3.8, 4) is 0 Å². The molecule has 1 heterocycles. The third-order valence-corrected chi connectivity index (χ3v) is 5.23. The van der Waals surface area contributed by atoms with E-state index < -0.39 is 0 Å². The minimum Gasteiger partial charge on any atom is -0.466 e. The van der Waals surface area contributed by atoms with E-state index in [0.29, 0.717) is 11.1 Å². The third kappa shape index (κ3) is 4.41. The van der Waals surface area contributed by atoms with Crippen LogP contribution in [-0.2, 0) is 14.3 Å². The van der Waals surface area contributed by atoms with Crippen molar-refractivity contribution in [1.29, 1.82) is 0 Å². The molecule has 1 aromatic carbocycles. The number of hydrogen-bond donors (Lipinski definition) is 2. The summed E-state index contributed by atoms with van der Waals surface area (Å²) in [6.45, 7) is 9.84. The number of allylic oxidation sites excluding steroid dienone is 2. The minimum absolute atomic E-state index is 0.177. The lowest BCUT2D eigenvalue weighted by molar-refractivity contribution is -0.136. The number of methoxy groups -OCH3 is 1. The molecule has 1 aliphatic rings. The lowest BCUT2D eigenvalue weighted by atomic mass is 9.81. The van der Waals surface area contributed by atoms with E-state index in [4.69, 9.17) is 4.74 Å². The van der Waals surface area contributed by atoms with E-state index in [1.807, 2.05) is 45.9 Å². The summed E-state index contributed by atoms with van der Waals surface area (Å²) in [6, 6.07) is 5.84. The largest absolute Gasteiger partial charge is 0.466 e. The number of rotatable bonds is 6. The van der Waals surface area contributed by atoms with Crippen LogP contribution in [0.2, 0.25) is 0 Å². The number of amides is 1. The van der Waals surface area contributed by atoms with Crippen LogP contribution in [0.3, 0.4) is 0 Å². The van der Waals surface area contributed by atoms with E-state index >= 15 is 0 Å². The highest BCUT2D eigenvalue weighted by molar-refractivity contribution is 6.07. The maximum Gasteiger partial charge on any atom is 0.336 e. The van der Waals surface area contributed by atoms with Gasteiger partial charge in [0.1, 0.15) is 0 Å². The first kappa shape index (κ1) is 20.7. The molecule has 0 fully saturated rings. The van der Waals surface area contributed by atoms with Crippen molar-refractivity contribution >= 4 is 17.6 Å². The summed E-state index contributed by atoms with van der Waals surface area (Å²) in [7, 11) is 1.38. The molecule has 0 unspecified atom stereocenters. The number of ether oxygens (including phenoxy) is 1. The number of benzene rings is 1. The quantitative estimate of drug-likeness (QED) is 0.730. The van der Waals surface area contributed by atoms with Gasteiger partial charge in [0.05, 0.1) is 12.7 Å². The molecule has 5 heteroatoms. The Kier molecular flexibility index (Phi) is 6.83. The smallest absolute Gasteiger partial charge is 0.336 e. The number of esters is 1. The van der Waals surface area contributed by atoms with Gasteiger partial charge < -0.3 is 15.4 Å².